The third-order valence-corrected chi connectivity index (χ3v) is 10.4. The Hall–Kier alpha value is -4.52. The summed E-state index contributed by atoms with van der Waals surface area (Å²) < 4.78 is 5.21. The van der Waals surface area contributed by atoms with E-state index in [1.165, 1.54) is 13.8 Å². The quantitative estimate of drug-likeness (QED) is 0.114. The molecule has 298 valence electrons. The number of aliphatic hydroxyl groups excluding tert-OH is 1. The molecule has 1 saturated carbocycles. The summed E-state index contributed by atoms with van der Waals surface area (Å²) in [5.74, 6) is -2.39. The molecule has 0 aliphatic heterocycles. The lowest BCUT2D eigenvalue weighted by atomic mass is 9.81. The number of nitrogens with zero attached hydrogens (tertiary/aromatic N) is 1. The lowest BCUT2D eigenvalue weighted by molar-refractivity contribution is -0.134. The second-order valence-electron chi connectivity index (χ2n) is 15.1. The van der Waals surface area contributed by atoms with Crippen LogP contribution in [-0.4, -0.2) is 70.1 Å². The van der Waals surface area contributed by atoms with E-state index >= 15 is 0 Å². The van der Waals surface area contributed by atoms with Crippen molar-refractivity contribution in [1.82, 2.24) is 31.6 Å². The number of rotatable bonds is 20. The monoisotopic (exact) mass is 750 g/mol. The van der Waals surface area contributed by atoms with Gasteiger partial charge in [0.15, 0.2) is 0 Å². The standard InChI is InChI=1S/C41H62N6O7/c1-7-27(4)36(40(52)43-24-32-20-14-15-21-42-32)47-39(51)33(26(2)3)23-35(48)34(22-30-16-10-8-11-17-30)46-38(50)28(5)44-37(49)29(6)45-41(53)54-25-31-18-12-9-13-19-31/h9,12-15,18-21,26-30,33-36,48H,7-8,10-11,16-17,22-25H2,1-6H3,(H,43,52)(H,44,49)(H,45,53)(H,46,50)(H,47,51)/t27-,28-,29-,33-,34-,35-,36-/m0/s1. The van der Waals surface area contributed by atoms with Crippen LogP contribution in [0.5, 0.6) is 0 Å². The van der Waals surface area contributed by atoms with Gasteiger partial charge < -0.3 is 36.4 Å². The van der Waals surface area contributed by atoms with E-state index in [4.69, 9.17) is 4.74 Å². The van der Waals surface area contributed by atoms with E-state index in [0.29, 0.717) is 24.5 Å². The van der Waals surface area contributed by atoms with Gasteiger partial charge in [-0.2, -0.15) is 0 Å². The third kappa shape index (κ3) is 14.7. The summed E-state index contributed by atoms with van der Waals surface area (Å²) in [5, 5.41) is 25.7. The topological polar surface area (TPSA) is 188 Å². The average Bonchev–Trinajstić information content (AvgIpc) is 3.17. The Morgan fingerprint density at radius 1 is 0.796 bits per heavy atom. The van der Waals surface area contributed by atoms with Crippen LogP contribution in [0.25, 0.3) is 0 Å². The number of hydrogen-bond acceptors (Lipinski definition) is 8. The molecule has 2 aromatic rings. The molecule has 1 aromatic heterocycles. The van der Waals surface area contributed by atoms with Crippen LogP contribution >= 0.6 is 0 Å². The fourth-order valence-electron chi connectivity index (χ4n) is 6.67. The zero-order valence-electron chi connectivity index (χ0n) is 32.8. The number of amides is 5. The molecule has 3 rings (SSSR count). The Morgan fingerprint density at radius 2 is 1.44 bits per heavy atom. The van der Waals surface area contributed by atoms with Crippen molar-refractivity contribution in [2.75, 3.05) is 0 Å². The van der Waals surface area contributed by atoms with Crippen LogP contribution in [0, 0.1) is 23.7 Å². The molecule has 0 unspecified atom stereocenters. The first-order valence-corrected chi connectivity index (χ1v) is 19.5. The number of alkyl carbamates (subject to hydrolysis) is 1. The van der Waals surface area contributed by atoms with Gasteiger partial charge in [-0.05, 0) is 62.1 Å². The number of nitrogens with one attached hydrogen (secondary N) is 5. The Labute approximate surface area is 320 Å². The second kappa shape index (κ2) is 22.6. The van der Waals surface area contributed by atoms with Gasteiger partial charge in [-0.3, -0.25) is 24.2 Å². The largest absolute Gasteiger partial charge is 0.445 e. The minimum atomic E-state index is -1.07. The van der Waals surface area contributed by atoms with Gasteiger partial charge in [0, 0.05) is 12.1 Å². The van der Waals surface area contributed by atoms with Crippen molar-refractivity contribution in [3.8, 4) is 0 Å². The maximum Gasteiger partial charge on any atom is 0.408 e. The molecule has 54 heavy (non-hydrogen) atoms. The maximum absolute atomic E-state index is 13.9. The lowest BCUT2D eigenvalue weighted by Crippen LogP contribution is -2.55. The highest BCUT2D eigenvalue weighted by Crippen LogP contribution is 2.30. The van der Waals surface area contributed by atoms with Crippen LogP contribution in [-0.2, 0) is 37.1 Å². The molecule has 1 aromatic carbocycles. The number of ether oxygens (including phenoxy) is 1. The van der Waals surface area contributed by atoms with E-state index in [0.717, 1.165) is 37.7 Å². The van der Waals surface area contributed by atoms with E-state index in [1.807, 2.05) is 70.2 Å². The van der Waals surface area contributed by atoms with Crippen LogP contribution in [0.4, 0.5) is 4.79 Å². The predicted octanol–water partition coefficient (Wildman–Crippen LogP) is 4.53. The number of carbonyl (C=O) groups is 5. The summed E-state index contributed by atoms with van der Waals surface area (Å²) in [7, 11) is 0. The Balaban J connectivity index is 1.64. The Kier molecular flexibility index (Phi) is 18.4. The molecule has 0 bridgehead atoms. The van der Waals surface area contributed by atoms with E-state index in [1.54, 1.807) is 12.3 Å². The van der Waals surface area contributed by atoms with Crippen LogP contribution in [0.1, 0.15) is 104 Å². The van der Waals surface area contributed by atoms with Crippen LogP contribution in [0.3, 0.4) is 0 Å². The highest BCUT2D eigenvalue weighted by molar-refractivity contribution is 5.91. The van der Waals surface area contributed by atoms with Crippen molar-refractivity contribution in [2.24, 2.45) is 23.7 Å². The van der Waals surface area contributed by atoms with Crippen LogP contribution in [0.2, 0.25) is 0 Å². The molecule has 6 N–H and O–H groups in total. The first-order valence-electron chi connectivity index (χ1n) is 19.5. The van der Waals surface area contributed by atoms with Gasteiger partial charge in [0.2, 0.25) is 23.6 Å². The molecular weight excluding hydrogens is 688 g/mol. The molecule has 0 spiro atoms. The molecule has 13 nitrogen and oxygen atoms in total. The highest BCUT2D eigenvalue weighted by atomic mass is 16.5. The molecule has 1 aliphatic carbocycles. The number of pyridine rings is 1. The van der Waals surface area contributed by atoms with Crippen molar-refractivity contribution in [1.29, 1.82) is 0 Å². The number of carbonyl (C=O) groups excluding carboxylic acids is 5. The van der Waals surface area contributed by atoms with Crippen molar-refractivity contribution in [3.63, 3.8) is 0 Å². The molecule has 0 saturated heterocycles. The minimum Gasteiger partial charge on any atom is -0.445 e. The normalized spacial score (nSPS) is 17.1. The smallest absolute Gasteiger partial charge is 0.408 e. The van der Waals surface area contributed by atoms with Crippen molar-refractivity contribution >= 4 is 29.7 Å². The number of aliphatic hydroxyl groups is 1. The minimum absolute atomic E-state index is 0.0459. The fraction of sp³-hybridized carbons (Fsp3) is 0.610. The SMILES string of the molecule is CC[C@H](C)[C@H](NC(=O)[C@@H](C[C@H](O)[C@H](CC1CCCCC1)NC(=O)[C@H](C)NC(=O)[C@H](C)NC(=O)OCc1ccccc1)C(C)C)C(=O)NCc1ccccn1. The molecule has 1 aliphatic rings. The Bertz CT molecular complexity index is 1470. The fourth-order valence-corrected chi connectivity index (χ4v) is 6.67. The summed E-state index contributed by atoms with van der Waals surface area (Å²) in [6.07, 6.45) is 6.32. The van der Waals surface area contributed by atoms with E-state index in [-0.39, 0.29) is 43.2 Å². The summed E-state index contributed by atoms with van der Waals surface area (Å²) in [5.41, 5.74) is 1.50. The molecule has 0 radical (unpaired) electrons. The summed E-state index contributed by atoms with van der Waals surface area (Å²) in [6, 6.07) is 11.2. The van der Waals surface area contributed by atoms with Crippen molar-refractivity contribution in [3.05, 3.63) is 66.0 Å². The van der Waals surface area contributed by atoms with Gasteiger partial charge in [-0.15, -0.1) is 0 Å². The highest BCUT2D eigenvalue weighted by Gasteiger charge is 2.35. The van der Waals surface area contributed by atoms with Gasteiger partial charge >= 0.3 is 6.09 Å². The van der Waals surface area contributed by atoms with Gasteiger partial charge in [-0.25, -0.2) is 4.79 Å². The molecule has 1 fully saturated rings. The summed E-state index contributed by atoms with van der Waals surface area (Å²) >= 11 is 0. The van der Waals surface area contributed by atoms with Crippen LogP contribution in [0.15, 0.2) is 54.7 Å². The van der Waals surface area contributed by atoms with Crippen molar-refractivity contribution < 1.29 is 33.8 Å². The van der Waals surface area contributed by atoms with Crippen molar-refractivity contribution in [2.45, 2.75) is 136 Å². The number of benzene rings is 1. The van der Waals surface area contributed by atoms with E-state index in [9.17, 15) is 29.1 Å². The predicted molar refractivity (Wildman–Crippen MR) is 206 cm³/mol. The molecule has 13 heteroatoms. The maximum atomic E-state index is 13.9. The first-order chi connectivity index (χ1) is 25.8. The zero-order chi connectivity index (χ0) is 39.6. The summed E-state index contributed by atoms with van der Waals surface area (Å²) in [6.45, 7) is 11.0. The average molecular weight is 751 g/mol. The molecule has 7 atom stereocenters. The number of hydrogen-bond donors (Lipinski definition) is 6. The Morgan fingerprint density at radius 3 is 2.07 bits per heavy atom. The number of aromatic nitrogens is 1. The molecule has 5 amide bonds. The zero-order valence-corrected chi connectivity index (χ0v) is 32.8. The first kappa shape index (κ1) is 43.9. The summed E-state index contributed by atoms with van der Waals surface area (Å²) in [4.78, 5) is 70.2. The van der Waals surface area contributed by atoms with Gasteiger partial charge in [0.1, 0.15) is 24.7 Å². The van der Waals surface area contributed by atoms with E-state index in [2.05, 4.69) is 31.6 Å². The van der Waals surface area contributed by atoms with Gasteiger partial charge in [0.25, 0.3) is 0 Å². The second-order valence-corrected chi connectivity index (χ2v) is 15.1. The van der Waals surface area contributed by atoms with E-state index < -0.39 is 54.1 Å². The third-order valence-electron chi connectivity index (χ3n) is 10.4. The van der Waals surface area contributed by atoms with Gasteiger partial charge in [0.05, 0.1) is 24.4 Å². The van der Waals surface area contributed by atoms with Crippen LogP contribution < -0.4 is 26.6 Å². The van der Waals surface area contributed by atoms with Gasteiger partial charge in [-0.1, -0.05) is 103 Å². The molecule has 1 heterocycles. The molecular formula is C41H62N6O7. The lowest BCUT2D eigenvalue weighted by Gasteiger charge is -2.34.